The van der Waals surface area contributed by atoms with Crippen LogP contribution in [0.3, 0.4) is 0 Å². The van der Waals surface area contributed by atoms with E-state index in [9.17, 15) is 5.11 Å². The standard InChI is InChI=1S/C14H23N3O2/c1-11(9-19-3)17-13(15)16-10-14(2,18)12-7-5-4-6-8-12/h4-8,11,18H,9-10H2,1-3H3,(H3,15,16,17). The van der Waals surface area contributed by atoms with Crippen LogP contribution in [0.25, 0.3) is 0 Å². The second kappa shape index (κ2) is 7.11. The lowest BCUT2D eigenvalue weighted by Gasteiger charge is -2.22. The van der Waals surface area contributed by atoms with Crippen molar-refractivity contribution in [2.75, 3.05) is 20.3 Å². The van der Waals surface area contributed by atoms with Gasteiger partial charge in [-0.1, -0.05) is 30.3 Å². The third kappa shape index (κ3) is 5.28. The summed E-state index contributed by atoms with van der Waals surface area (Å²) < 4.78 is 5.00. The monoisotopic (exact) mass is 265 g/mol. The van der Waals surface area contributed by atoms with E-state index >= 15 is 0 Å². The van der Waals surface area contributed by atoms with Gasteiger partial charge in [-0.3, -0.25) is 4.99 Å². The predicted molar refractivity (Wildman–Crippen MR) is 77.0 cm³/mol. The molecule has 1 rings (SSSR count). The Labute approximate surface area is 114 Å². The molecule has 0 spiro atoms. The van der Waals surface area contributed by atoms with Crippen molar-refractivity contribution in [3.05, 3.63) is 35.9 Å². The molecule has 1 aromatic rings. The summed E-state index contributed by atoms with van der Waals surface area (Å²) in [5, 5.41) is 13.4. The zero-order valence-electron chi connectivity index (χ0n) is 11.8. The van der Waals surface area contributed by atoms with Crippen LogP contribution in [0.15, 0.2) is 35.3 Å². The van der Waals surface area contributed by atoms with Crippen LogP contribution in [0.2, 0.25) is 0 Å². The molecule has 0 aliphatic rings. The van der Waals surface area contributed by atoms with Crippen LogP contribution in [-0.2, 0) is 10.3 Å². The SMILES string of the molecule is COCC(C)NC(N)=NCC(C)(O)c1ccccc1. The highest BCUT2D eigenvalue weighted by Crippen LogP contribution is 2.20. The van der Waals surface area contributed by atoms with Gasteiger partial charge in [-0.05, 0) is 19.4 Å². The lowest BCUT2D eigenvalue weighted by molar-refractivity contribution is 0.0672. The highest BCUT2D eigenvalue weighted by Gasteiger charge is 2.22. The van der Waals surface area contributed by atoms with Gasteiger partial charge in [0, 0.05) is 13.2 Å². The summed E-state index contributed by atoms with van der Waals surface area (Å²) in [5.74, 6) is 0.306. The highest BCUT2D eigenvalue weighted by atomic mass is 16.5. The van der Waals surface area contributed by atoms with E-state index in [1.165, 1.54) is 0 Å². The summed E-state index contributed by atoms with van der Waals surface area (Å²) in [4.78, 5) is 4.17. The number of rotatable bonds is 6. The van der Waals surface area contributed by atoms with Gasteiger partial charge >= 0.3 is 0 Å². The van der Waals surface area contributed by atoms with Crippen LogP contribution in [0, 0.1) is 0 Å². The number of nitrogens with one attached hydrogen (secondary N) is 1. The lowest BCUT2D eigenvalue weighted by atomic mass is 9.96. The Bertz CT molecular complexity index is 404. The molecule has 0 radical (unpaired) electrons. The van der Waals surface area contributed by atoms with Crippen LogP contribution in [0.5, 0.6) is 0 Å². The van der Waals surface area contributed by atoms with Gasteiger partial charge < -0.3 is 20.9 Å². The fourth-order valence-corrected chi connectivity index (χ4v) is 1.72. The molecular weight excluding hydrogens is 242 g/mol. The van der Waals surface area contributed by atoms with E-state index in [4.69, 9.17) is 10.5 Å². The summed E-state index contributed by atoms with van der Waals surface area (Å²) in [6, 6.07) is 9.49. The third-order valence-corrected chi connectivity index (χ3v) is 2.76. The number of nitrogens with two attached hydrogens (primary N) is 1. The number of aliphatic imine (C=N–C) groups is 1. The van der Waals surface area contributed by atoms with Gasteiger partial charge in [0.05, 0.1) is 13.2 Å². The van der Waals surface area contributed by atoms with E-state index < -0.39 is 5.60 Å². The molecule has 4 N–H and O–H groups in total. The first-order chi connectivity index (χ1) is 8.95. The van der Waals surface area contributed by atoms with Gasteiger partial charge in [0.2, 0.25) is 0 Å². The van der Waals surface area contributed by atoms with Crippen LogP contribution in [-0.4, -0.2) is 37.4 Å². The molecule has 0 aromatic heterocycles. The Morgan fingerprint density at radius 3 is 2.68 bits per heavy atom. The number of hydrogen-bond donors (Lipinski definition) is 3. The summed E-state index contributed by atoms with van der Waals surface area (Å²) in [6.07, 6.45) is 0. The maximum Gasteiger partial charge on any atom is 0.188 e. The maximum absolute atomic E-state index is 10.4. The van der Waals surface area contributed by atoms with Gasteiger partial charge in [-0.15, -0.1) is 0 Å². The molecule has 2 atom stereocenters. The summed E-state index contributed by atoms with van der Waals surface area (Å²) >= 11 is 0. The van der Waals surface area contributed by atoms with E-state index in [-0.39, 0.29) is 12.6 Å². The van der Waals surface area contributed by atoms with Gasteiger partial charge in [-0.2, -0.15) is 0 Å². The molecule has 0 aliphatic carbocycles. The van der Waals surface area contributed by atoms with Crippen molar-refractivity contribution in [3.8, 4) is 0 Å². The molecule has 19 heavy (non-hydrogen) atoms. The van der Waals surface area contributed by atoms with Crippen molar-refractivity contribution >= 4 is 5.96 Å². The number of nitrogens with zero attached hydrogens (tertiary/aromatic N) is 1. The zero-order chi connectivity index (χ0) is 14.3. The van der Waals surface area contributed by atoms with Crippen LogP contribution in [0.1, 0.15) is 19.4 Å². The third-order valence-electron chi connectivity index (χ3n) is 2.76. The molecule has 2 unspecified atom stereocenters. The molecule has 0 saturated carbocycles. The Morgan fingerprint density at radius 2 is 2.11 bits per heavy atom. The van der Waals surface area contributed by atoms with Crippen LogP contribution < -0.4 is 11.1 Å². The number of benzene rings is 1. The van der Waals surface area contributed by atoms with Crippen molar-refractivity contribution in [1.82, 2.24) is 5.32 Å². The number of hydrogen-bond acceptors (Lipinski definition) is 3. The fourth-order valence-electron chi connectivity index (χ4n) is 1.72. The summed E-state index contributed by atoms with van der Waals surface area (Å²) in [6.45, 7) is 4.42. The van der Waals surface area contributed by atoms with Crippen molar-refractivity contribution < 1.29 is 9.84 Å². The van der Waals surface area contributed by atoms with E-state index in [0.29, 0.717) is 12.6 Å². The average molecular weight is 265 g/mol. The summed E-state index contributed by atoms with van der Waals surface area (Å²) in [5.41, 5.74) is 5.55. The van der Waals surface area contributed by atoms with Crippen molar-refractivity contribution in [2.45, 2.75) is 25.5 Å². The molecule has 0 heterocycles. The molecule has 106 valence electrons. The minimum Gasteiger partial charge on any atom is -0.384 e. The molecular formula is C14H23N3O2. The van der Waals surface area contributed by atoms with Gasteiger partial charge in [-0.25, -0.2) is 0 Å². The lowest BCUT2D eigenvalue weighted by Crippen LogP contribution is -2.41. The molecule has 0 saturated heterocycles. The number of guanidine groups is 1. The smallest absolute Gasteiger partial charge is 0.188 e. The highest BCUT2D eigenvalue weighted by molar-refractivity contribution is 5.78. The van der Waals surface area contributed by atoms with E-state index in [0.717, 1.165) is 5.56 Å². The molecule has 0 amide bonds. The van der Waals surface area contributed by atoms with Crippen LogP contribution >= 0.6 is 0 Å². The molecule has 5 nitrogen and oxygen atoms in total. The molecule has 5 heteroatoms. The van der Waals surface area contributed by atoms with Gasteiger partial charge in [0.25, 0.3) is 0 Å². The van der Waals surface area contributed by atoms with Crippen molar-refractivity contribution in [2.24, 2.45) is 10.7 Å². The maximum atomic E-state index is 10.4. The number of ether oxygens (including phenoxy) is 1. The minimum absolute atomic E-state index is 0.0791. The first-order valence-corrected chi connectivity index (χ1v) is 6.29. The Balaban J connectivity index is 2.59. The van der Waals surface area contributed by atoms with E-state index in [1.54, 1.807) is 14.0 Å². The second-order valence-corrected chi connectivity index (χ2v) is 4.84. The van der Waals surface area contributed by atoms with E-state index in [1.807, 2.05) is 37.3 Å². The number of aliphatic hydroxyl groups is 1. The van der Waals surface area contributed by atoms with Crippen molar-refractivity contribution in [1.29, 1.82) is 0 Å². The Kier molecular flexibility index (Phi) is 5.79. The normalized spacial score (nSPS) is 16.7. The van der Waals surface area contributed by atoms with Crippen molar-refractivity contribution in [3.63, 3.8) is 0 Å². The zero-order valence-corrected chi connectivity index (χ0v) is 11.8. The van der Waals surface area contributed by atoms with Gasteiger partial charge in [0.15, 0.2) is 5.96 Å². The number of methoxy groups -OCH3 is 1. The molecule has 0 aliphatic heterocycles. The fraction of sp³-hybridized carbons (Fsp3) is 0.500. The molecule has 1 aromatic carbocycles. The molecule has 0 bridgehead atoms. The van der Waals surface area contributed by atoms with E-state index in [2.05, 4.69) is 10.3 Å². The summed E-state index contributed by atoms with van der Waals surface area (Å²) in [7, 11) is 1.63. The minimum atomic E-state index is -1.03. The van der Waals surface area contributed by atoms with Crippen LogP contribution in [0.4, 0.5) is 0 Å². The Morgan fingerprint density at radius 1 is 1.47 bits per heavy atom. The average Bonchev–Trinajstić information content (AvgIpc) is 2.38. The predicted octanol–water partition coefficient (Wildman–Crippen LogP) is 0.833. The first kappa shape index (κ1) is 15.5. The Hall–Kier alpha value is -1.59. The molecule has 0 fully saturated rings. The first-order valence-electron chi connectivity index (χ1n) is 6.29. The quantitative estimate of drug-likeness (QED) is 0.526. The topological polar surface area (TPSA) is 79.9 Å². The second-order valence-electron chi connectivity index (χ2n) is 4.84. The largest absolute Gasteiger partial charge is 0.384 e. The van der Waals surface area contributed by atoms with Gasteiger partial charge in [0.1, 0.15) is 5.60 Å².